The van der Waals surface area contributed by atoms with E-state index in [4.69, 9.17) is 4.74 Å². The van der Waals surface area contributed by atoms with Gasteiger partial charge in [0.2, 0.25) is 0 Å². The van der Waals surface area contributed by atoms with Crippen LogP contribution in [0.5, 0.6) is 5.75 Å². The Morgan fingerprint density at radius 2 is 1.67 bits per heavy atom. The molecule has 0 fully saturated rings. The van der Waals surface area contributed by atoms with E-state index in [-0.39, 0.29) is 0 Å². The fourth-order valence-electron chi connectivity index (χ4n) is 2.65. The van der Waals surface area contributed by atoms with Crippen LogP contribution < -0.4 is 10.1 Å². The second kappa shape index (κ2) is 8.48. The summed E-state index contributed by atoms with van der Waals surface area (Å²) in [6.45, 7) is 4.22. The normalized spacial score (nSPS) is 12.1. The number of benzene rings is 2. The summed E-state index contributed by atoms with van der Waals surface area (Å²) in [6.07, 6.45) is 2.17. The molecule has 2 heteroatoms. The third-order valence-corrected chi connectivity index (χ3v) is 3.71. The molecular weight excluding hydrogens is 258 g/mol. The smallest absolute Gasteiger partial charge is 0.119 e. The third-order valence-electron chi connectivity index (χ3n) is 3.71. The molecule has 112 valence electrons. The van der Waals surface area contributed by atoms with Crippen molar-refractivity contribution in [3.05, 3.63) is 65.7 Å². The van der Waals surface area contributed by atoms with E-state index in [1.54, 1.807) is 7.11 Å². The molecule has 2 aromatic carbocycles. The van der Waals surface area contributed by atoms with Crippen molar-refractivity contribution in [2.24, 2.45) is 5.92 Å². The highest BCUT2D eigenvalue weighted by atomic mass is 16.5. The predicted octanol–water partition coefficient (Wildman–Crippen LogP) is 3.71. The van der Waals surface area contributed by atoms with Gasteiger partial charge in [-0.05, 0) is 55.1 Å². The molecule has 0 bridgehead atoms. The van der Waals surface area contributed by atoms with Gasteiger partial charge in [0.05, 0.1) is 7.11 Å². The predicted molar refractivity (Wildman–Crippen MR) is 88.9 cm³/mol. The molecule has 2 rings (SSSR count). The minimum absolute atomic E-state index is 0.597. The summed E-state index contributed by atoms with van der Waals surface area (Å²) < 4.78 is 5.32. The minimum Gasteiger partial charge on any atom is -0.497 e. The van der Waals surface area contributed by atoms with Crippen LogP contribution in [0.3, 0.4) is 0 Å². The summed E-state index contributed by atoms with van der Waals surface area (Å²) in [5.74, 6) is 1.54. The van der Waals surface area contributed by atoms with E-state index < -0.39 is 0 Å². The molecule has 2 aromatic rings. The summed E-state index contributed by atoms with van der Waals surface area (Å²) in [4.78, 5) is 0. The summed E-state index contributed by atoms with van der Waals surface area (Å²) in [5, 5.41) is 3.49. The van der Waals surface area contributed by atoms with Gasteiger partial charge in [-0.3, -0.25) is 0 Å². The maximum atomic E-state index is 5.32. The quantitative estimate of drug-likeness (QED) is 0.797. The van der Waals surface area contributed by atoms with Crippen LogP contribution in [0.2, 0.25) is 0 Å². The molecule has 0 saturated heterocycles. The molecule has 0 amide bonds. The lowest BCUT2D eigenvalue weighted by Crippen LogP contribution is -2.25. The standard InChI is InChI=1S/C19H25NO/c1-3-20-15-18(12-16-8-5-4-6-9-16)13-17-10-7-11-19(14-17)21-2/h4-11,14,18,20H,3,12-13,15H2,1-2H3. The topological polar surface area (TPSA) is 21.3 Å². The lowest BCUT2D eigenvalue weighted by molar-refractivity contribution is 0.413. The molecule has 0 aromatic heterocycles. The van der Waals surface area contributed by atoms with Gasteiger partial charge in [0.1, 0.15) is 5.75 Å². The Hall–Kier alpha value is -1.80. The first kappa shape index (κ1) is 15.6. The second-order valence-electron chi connectivity index (χ2n) is 5.42. The molecular formula is C19H25NO. The van der Waals surface area contributed by atoms with Gasteiger partial charge < -0.3 is 10.1 Å². The van der Waals surface area contributed by atoms with Crippen molar-refractivity contribution < 1.29 is 4.74 Å². The summed E-state index contributed by atoms with van der Waals surface area (Å²) in [7, 11) is 1.72. The van der Waals surface area contributed by atoms with Crippen molar-refractivity contribution in [1.82, 2.24) is 5.32 Å². The molecule has 0 radical (unpaired) electrons. The van der Waals surface area contributed by atoms with Gasteiger partial charge in [0, 0.05) is 0 Å². The first-order valence-corrected chi connectivity index (χ1v) is 7.69. The van der Waals surface area contributed by atoms with Crippen LogP contribution in [0, 0.1) is 5.92 Å². The molecule has 21 heavy (non-hydrogen) atoms. The maximum Gasteiger partial charge on any atom is 0.119 e. The average molecular weight is 283 g/mol. The molecule has 0 aliphatic rings. The Labute approximate surface area is 128 Å². The fourth-order valence-corrected chi connectivity index (χ4v) is 2.65. The van der Waals surface area contributed by atoms with Crippen molar-refractivity contribution in [3.63, 3.8) is 0 Å². The first-order valence-electron chi connectivity index (χ1n) is 7.69. The molecule has 2 nitrogen and oxygen atoms in total. The lowest BCUT2D eigenvalue weighted by atomic mass is 9.92. The molecule has 0 heterocycles. The number of ether oxygens (including phenoxy) is 1. The van der Waals surface area contributed by atoms with E-state index in [0.717, 1.165) is 31.7 Å². The van der Waals surface area contributed by atoms with Crippen molar-refractivity contribution in [2.75, 3.05) is 20.2 Å². The highest BCUT2D eigenvalue weighted by molar-refractivity contribution is 5.29. The largest absolute Gasteiger partial charge is 0.497 e. The Kier molecular flexibility index (Phi) is 6.29. The zero-order valence-electron chi connectivity index (χ0n) is 13.0. The second-order valence-corrected chi connectivity index (χ2v) is 5.42. The van der Waals surface area contributed by atoms with E-state index in [1.165, 1.54) is 11.1 Å². The molecule has 0 aliphatic heterocycles. The lowest BCUT2D eigenvalue weighted by Gasteiger charge is -2.18. The van der Waals surface area contributed by atoms with Crippen molar-refractivity contribution in [2.45, 2.75) is 19.8 Å². The van der Waals surface area contributed by atoms with Crippen LogP contribution in [0.15, 0.2) is 54.6 Å². The molecule has 0 aliphatic carbocycles. The number of methoxy groups -OCH3 is 1. The van der Waals surface area contributed by atoms with Crippen LogP contribution in [0.4, 0.5) is 0 Å². The van der Waals surface area contributed by atoms with E-state index >= 15 is 0 Å². The summed E-state index contributed by atoms with van der Waals surface area (Å²) >= 11 is 0. The average Bonchev–Trinajstić information content (AvgIpc) is 2.54. The van der Waals surface area contributed by atoms with E-state index in [1.807, 2.05) is 6.07 Å². The number of hydrogen-bond acceptors (Lipinski definition) is 2. The monoisotopic (exact) mass is 283 g/mol. The minimum atomic E-state index is 0.597. The third kappa shape index (κ3) is 5.24. The van der Waals surface area contributed by atoms with Crippen LogP contribution in [0.25, 0.3) is 0 Å². The van der Waals surface area contributed by atoms with Gasteiger partial charge in [-0.25, -0.2) is 0 Å². The van der Waals surface area contributed by atoms with Gasteiger partial charge in [-0.1, -0.05) is 49.4 Å². The fraction of sp³-hybridized carbons (Fsp3) is 0.368. The highest BCUT2D eigenvalue weighted by Gasteiger charge is 2.11. The molecule has 0 spiro atoms. The molecule has 1 atom stereocenters. The Balaban J connectivity index is 2.04. The van der Waals surface area contributed by atoms with E-state index in [2.05, 4.69) is 60.8 Å². The summed E-state index contributed by atoms with van der Waals surface area (Å²) in [5.41, 5.74) is 2.75. The van der Waals surface area contributed by atoms with Crippen LogP contribution in [0.1, 0.15) is 18.1 Å². The molecule has 1 N–H and O–H groups in total. The zero-order valence-corrected chi connectivity index (χ0v) is 13.0. The van der Waals surface area contributed by atoms with Crippen LogP contribution in [-0.4, -0.2) is 20.2 Å². The van der Waals surface area contributed by atoms with Crippen molar-refractivity contribution in [1.29, 1.82) is 0 Å². The Morgan fingerprint density at radius 3 is 2.38 bits per heavy atom. The van der Waals surface area contributed by atoms with Gasteiger partial charge in [0.25, 0.3) is 0 Å². The van der Waals surface area contributed by atoms with Gasteiger partial charge in [-0.2, -0.15) is 0 Å². The first-order chi connectivity index (χ1) is 10.3. The highest BCUT2D eigenvalue weighted by Crippen LogP contribution is 2.18. The van der Waals surface area contributed by atoms with Gasteiger partial charge >= 0.3 is 0 Å². The number of hydrogen-bond donors (Lipinski definition) is 1. The maximum absolute atomic E-state index is 5.32. The Bertz CT molecular complexity index is 524. The Morgan fingerprint density at radius 1 is 0.952 bits per heavy atom. The van der Waals surface area contributed by atoms with Crippen LogP contribution in [-0.2, 0) is 12.8 Å². The zero-order chi connectivity index (χ0) is 14.9. The van der Waals surface area contributed by atoms with E-state index in [9.17, 15) is 0 Å². The van der Waals surface area contributed by atoms with Crippen LogP contribution >= 0.6 is 0 Å². The number of rotatable bonds is 8. The SMILES string of the molecule is CCNCC(Cc1ccccc1)Cc1cccc(OC)c1. The molecule has 1 unspecified atom stereocenters. The van der Waals surface area contributed by atoms with Gasteiger partial charge in [0.15, 0.2) is 0 Å². The van der Waals surface area contributed by atoms with E-state index in [0.29, 0.717) is 5.92 Å². The van der Waals surface area contributed by atoms with Crippen molar-refractivity contribution in [3.8, 4) is 5.75 Å². The number of nitrogens with one attached hydrogen (secondary N) is 1. The summed E-state index contributed by atoms with van der Waals surface area (Å²) in [6, 6.07) is 19.1. The van der Waals surface area contributed by atoms with Crippen molar-refractivity contribution >= 4 is 0 Å². The molecule has 0 saturated carbocycles. The van der Waals surface area contributed by atoms with Gasteiger partial charge in [-0.15, -0.1) is 0 Å².